The summed E-state index contributed by atoms with van der Waals surface area (Å²) in [5.74, 6) is 1.89. The summed E-state index contributed by atoms with van der Waals surface area (Å²) in [5.41, 5.74) is 0.973. The van der Waals surface area contributed by atoms with Crippen molar-refractivity contribution in [2.45, 2.75) is 58.7 Å². The molecule has 0 spiro atoms. The van der Waals surface area contributed by atoms with Crippen molar-refractivity contribution in [2.75, 3.05) is 13.2 Å². The molecule has 1 aliphatic carbocycles. The maximum Gasteiger partial charge on any atom is 0.250 e. The van der Waals surface area contributed by atoms with Crippen molar-refractivity contribution in [1.82, 2.24) is 19.7 Å². The van der Waals surface area contributed by atoms with Crippen molar-refractivity contribution in [3.8, 4) is 0 Å². The van der Waals surface area contributed by atoms with Gasteiger partial charge < -0.3 is 14.2 Å². The van der Waals surface area contributed by atoms with Gasteiger partial charge in [0.1, 0.15) is 6.61 Å². The second-order valence-electron chi connectivity index (χ2n) is 5.91. The lowest BCUT2D eigenvalue weighted by atomic mass is 9.98. The Hall–Kier alpha value is -1.69. The number of ether oxygens (including phenoxy) is 1. The van der Waals surface area contributed by atoms with E-state index in [1.165, 1.54) is 6.42 Å². The highest BCUT2D eigenvalue weighted by atomic mass is 16.5. The van der Waals surface area contributed by atoms with Crippen LogP contribution in [0.1, 0.15) is 57.2 Å². The Balaban J connectivity index is 1.76. The fourth-order valence-corrected chi connectivity index (χ4v) is 3.24. The van der Waals surface area contributed by atoms with Crippen LogP contribution in [0.4, 0.5) is 0 Å². The summed E-state index contributed by atoms with van der Waals surface area (Å²) >= 11 is 0. The smallest absolute Gasteiger partial charge is 0.250 e. The monoisotopic (exact) mass is 304 g/mol. The van der Waals surface area contributed by atoms with Crippen LogP contribution in [0.25, 0.3) is 0 Å². The van der Waals surface area contributed by atoms with Gasteiger partial charge in [0.2, 0.25) is 5.91 Å². The quantitative estimate of drug-likeness (QED) is 0.856. The summed E-state index contributed by atoms with van der Waals surface area (Å²) < 4.78 is 7.53. The highest BCUT2D eigenvalue weighted by Crippen LogP contribution is 2.28. The maximum absolute atomic E-state index is 12.7. The van der Waals surface area contributed by atoms with Crippen molar-refractivity contribution in [2.24, 2.45) is 0 Å². The molecule has 0 fully saturated rings. The maximum atomic E-state index is 12.7. The summed E-state index contributed by atoms with van der Waals surface area (Å²) in [6.07, 6.45) is 6.36. The number of carbonyl (C=O) groups is 1. The zero-order valence-electron chi connectivity index (χ0n) is 13.4. The second-order valence-corrected chi connectivity index (χ2v) is 5.91. The number of rotatable bonds is 4. The lowest BCUT2D eigenvalue weighted by Gasteiger charge is -2.34. The predicted molar refractivity (Wildman–Crippen MR) is 82.0 cm³/mol. The van der Waals surface area contributed by atoms with Crippen LogP contribution in [0.3, 0.4) is 0 Å². The van der Waals surface area contributed by atoms with Crippen LogP contribution in [-0.4, -0.2) is 38.7 Å². The molecule has 6 heteroatoms. The van der Waals surface area contributed by atoms with E-state index in [-0.39, 0.29) is 11.9 Å². The molecular formula is C16H24N4O2. The van der Waals surface area contributed by atoms with E-state index in [4.69, 9.17) is 4.74 Å². The Bertz CT molecular complexity index is 579. The molecule has 120 valence electrons. The number of hydrogen-bond donors (Lipinski definition) is 0. The van der Waals surface area contributed by atoms with Crippen molar-refractivity contribution in [3.05, 3.63) is 23.3 Å². The number of nitrogens with zero attached hydrogens (tertiary/aromatic N) is 4. The van der Waals surface area contributed by atoms with E-state index in [9.17, 15) is 4.79 Å². The minimum Gasteiger partial charge on any atom is -0.374 e. The molecule has 1 aliphatic heterocycles. The standard InChI is InChI=1S/C16H24N4O2/c1-3-22-11-14-17-18-15-12(2)19(9-10-20(14)15)16(21)13-7-5-4-6-8-13/h7,12H,3-6,8-11H2,1-2H3. The molecule has 1 unspecified atom stereocenters. The van der Waals surface area contributed by atoms with Gasteiger partial charge in [-0.3, -0.25) is 4.79 Å². The fourth-order valence-electron chi connectivity index (χ4n) is 3.24. The van der Waals surface area contributed by atoms with Gasteiger partial charge in [-0.05, 0) is 39.5 Å². The van der Waals surface area contributed by atoms with Crippen LogP contribution < -0.4 is 0 Å². The molecule has 0 saturated carbocycles. The first kappa shape index (κ1) is 15.2. The van der Waals surface area contributed by atoms with Gasteiger partial charge in [-0.25, -0.2) is 0 Å². The number of hydrogen-bond acceptors (Lipinski definition) is 4. The average Bonchev–Trinajstić information content (AvgIpc) is 2.97. The van der Waals surface area contributed by atoms with Crippen LogP contribution in [0.5, 0.6) is 0 Å². The molecule has 0 radical (unpaired) electrons. The zero-order valence-corrected chi connectivity index (χ0v) is 13.4. The fraction of sp³-hybridized carbons (Fsp3) is 0.688. The molecule has 6 nitrogen and oxygen atoms in total. The molecule has 0 N–H and O–H groups in total. The highest BCUT2D eigenvalue weighted by molar-refractivity contribution is 5.93. The van der Waals surface area contributed by atoms with Crippen LogP contribution in [0.15, 0.2) is 11.6 Å². The van der Waals surface area contributed by atoms with Crippen molar-refractivity contribution >= 4 is 5.91 Å². The Morgan fingerprint density at radius 1 is 1.36 bits per heavy atom. The summed E-state index contributed by atoms with van der Waals surface area (Å²) in [7, 11) is 0. The van der Waals surface area contributed by atoms with Crippen LogP contribution in [0.2, 0.25) is 0 Å². The van der Waals surface area contributed by atoms with E-state index >= 15 is 0 Å². The third-order valence-corrected chi connectivity index (χ3v) is 4.52. The minimum atomic E-state index is -0.0352. The summed E-state index contributed by atoms with van der Waals surface area (Å²) in [6, 6.07) is -0.0352. The van der Waals surface area contributed by atoms with Gasteiger partial charge in [0, 0.05) is 25.3 Å². The van der Waals surface area contributed by atoms with Crippen molar-refractivity contribution in [1.29, 1.82) is 0 Å². The van der Waals surface area contributed by atoms with E-state index in [0.29, 0.717) is 19.8 Å². The molecule has 22 heavy (non-hydrogen) atoms. The molecule has 2 heterocycles. The summed E-state index contributed by atoms with van der Waals surface area (Å²) in [6.45, 7) is 6.60. The van der Waals surface area contributed by atoms with Gasteiger partial charge in [-0.1, -0.05) is 6.08 Å². The predicted octanol–water partition coefficient (Wildman–Crippen LogP) is 2.22. The van der Waals surface area contributed by atoms with Crippen molar-refractivity contribution in [3.63, 3.8) is 0 Å². The molecule has 0 saturated heterocycles. The molecule has 0 bridgehead atoms. The van der Waals surface area contributed by atoms with Gasteiger partial charge in [-0.2, -0.15) is 0 Å². The first-order valence-electron chi connectivity index (χ1n) is 8.22. The first-order chi connectivity index (χ1) is 10.7. The number of carbonyl (C=O) groups excluding carboxylic acids is 1. The number of aromatic nitrogens is 3. The van der Waals surface area contributed by atoms with Crippen LogP contribution in [0, 0.1) is 0 Å². The van der Waals surface area contributed by atoms with E-state index in [2.05, 4.69) is 20.8 Å². The average molecular weight is 304 g/mol. The Morgan fingerprint density at radius 2 is 2.23 bits per heavy atom. The Morgan fingerprint density at radius 3 is 2.95 bits per heavy atom. The Labute approximate surface area is 131 Å². The first-order valence-corrected chi connectivity index (χ1v) is 8.22. The molecule has 2 aliphatic rings. The lowest BCUT2D eigenvalue weighted by molar-refractivity contribution is -0.130. The minimum absolute atomic E-state index is 0.0352. The van der Waals surface area contributed by atoms with Gasteiger partial charge >= 0.3 is 0 Å². The van der Waals surface area contributed by atoms with Gasteiger partial charge in [0.05, 0.1) is 6.04 Å². The highest BCUT2D eigenvalue weighted by Gasteiger charge is 2.32. The third kappa shape index (κ3) is 2.79. The number of allylic oxidation sites excluding steroid dienone is 1. The molecule has 1 aromatic heterocycles. The SMILES string of the molecule is CCOCc1nnc2n1CCN(C(=O)C1=CCCCC1)C2C. The van der Waals surface area contributed by atoms with E-state index in [1.807, 2.05) is 18.7 Å². The van der Waals surface area contributed by atoms with E-state index in [0.717, 1.165) is 43.0 Å². The molecule has 3 rings (SSSR count). The third-order valence-electron chi connectivity index (χ3n) is 4.52. The topological polar surface area (TPSA) is 60.3 Å². The van der Waals surface area contributed by atoms with Gasteiger partial charge in [0.15, 0.2) is 11.6 Å². The zero-order chi connectivity index (χ0) is 15.5. The molecule has 0 aromatic carbocycles. The lowest BCUT2D eigenvalue weighted by Crippen LogP contribution is -2.42. The normalized spacial score (nSPS) is 21.5. The van der Waals surface area contributed by atoms with Crippen molar-refractivity contribution < 1.29 is 9.53 Å². The Kier molecular flexibility index (Phi) is 4.57. The summed E-state index contributed by atoms with van der Waals surface area (Å²) in [4.78, 5) is 14.7. The molecule has 1 atom stereocenters. The number of amides is 1. The largest absolute Gasteiger partial charge is 0.374 e. The molecular weight excluding hydrogens is 280 g/mol. The van der Waals surface area contributed by atoms with Gasteiger partial charge in [0.25, 0.3) is 0 Å². The van der Waals surface area contributed by atoms with Crippen LogP contribution in [-0.2, 0) is 22.7 Å². The second kappa shape index (κ2) is 6.60. The molecule has 1 amide bonds. The van der Waals surface area contributed by atoms with Gasteiger partial charge in [-0.15, -0.1) is 10.2 Å². The van der Waals surface area contributed by atoms with E-state index < -0.39 is 0 Å². The summed E-state index contributed by atoms with van der Waals surface area (Å²) in [5, 5.41) is 8.52. The molecule has 1 aromatic rings. The number of fused-ring (bicyclic) bond motifs is 1. The van der Waals surface area contributed by atoms with Crippen LogP contribution >= 0.6 is 0 Å². The van der Waals surface area contributed by atoms with E-state index in [1.54, 1.807) is 0 Å².